The highest BCUT2D eigenvalue weighted by molar-refractivity contribution is 5.92. The number of carbonyl (C=O) groups is 1. The van der Waals surface area contributed by atoms with Gasteiger partial charge < -0.3 is 10.1 Å². The average molecular weight is 316 g/mol. The first-order valence-corrected chi connectivity index (χ1v) is 6.76. The van der Waals surface area contributed by atoms with Crippen molar-refractivity contribution in [3.8, 4) is 5.75 Å². The molecular formula is C15H13FN4O3. The van der Waals surface area contributed by atoms with Gasteiger partial charge in [0.2, 0.25) is 5.91 Å². The number of hydrogen-bond donors (Lipinski definition) is 1. The number of nitrogens with one attached hydrogen (secondary N) is 1. The summed E-state index contributed by atoms with van der Waals surface area (Å²) in [5.41, 5.74) is 0.349. The highest BCUT2D eigenvalue weighted by Gasteiger charge is 2.12. The summed E-state index contributed by atoms with van der Waals surface area (Å²) in [5.74, 6) is -0.752. The molecule has 0 saturated heterocycles. The van der Waals surface area contributed by atoms with Crippen LogP contribution in [0.2, 0.25) is 0 Å². The first kappa shape index (κ1) is 14.8. The Labute approximate surface area is 129 Å². The Kier molecular flexibility index (Phi) is 3.80. The number of carbonyl (C=O) groups excluding carboxylic acids is 1. The van der Waals surface area contributed by atoms with Crippen molar-refractivity contribution in [2.45, 2.75) is 6.54 Å². The molecular weight excluding hydrogens is 303 g/mol. The zero-order chi connectivity index (χ0) is 16.4. The van der Waals surface area contributed by atoms with E-state index in [2.05, 4.69) is 10.4 Å². The van der Waals surface area contributed by atoms with Crippen LogP contribution in [-0.4, -0.2) is 27.2 Å². The minimum Gasteiger partial charge on any atom is -0.494 e. The van der Waals surface area contributed by atoms with Gasteiger partial charge in [0.05, 0.1) is 12.8 Å². The molecule has 8 heteroatoms. The van der Waals surface area contributed by atoms with E-state index >= 15 is 0 Å². The number of fused-ring (bicyclic) bond motifs is 1. The molecule has 0 unspecified atom stereocenters. The summed E-state index contributed by atoms with van der Waals surface area (Å²) in [7, 11) is 1.37. The third-order valence-corrected chi connectivity index (χ3v) is 3.22. The standard InChI is InChI=1S/C15H13FN4O3/c1-23-12-8-10(16)5-6-11(12)17-14(21)9-20-15(22)19-7-3-2-4-13(19)18-20/h2-8H,9H2,1H3,(H,17,21). The van der Waals surface area contributed by atoms with Crippen molar-refractivity contribution in [1.82, 2.24) is 14.2 Å². The van der Waals surface area contributed by atoms with Crippen molar-refractivity contribution in [2.75, 3.05) is 12.4 Å². The molecule has 0 aliphatic rings. The number of ether oxygens (including phenoxy) is 1. The first-order valence-electron chi connectivity index (χ1n) is 6.76. The second-order valence-electron chi connectivity index (χ2n) is 4.76. The maximum absolute atomic E-state index is 13.1. The summed E-state index contributed by atoms with van der Waals surface area (Å²) in [6.07, 6.45) is 1.57. The molecule has 3 rings (SSSR count). The third-order valence-electron chi connectivity index (χ3n) is 3.22. The van der Waals surface area contributed by atoms with Gasteiger partial charge in [0, 0.05) is 12.3 Å². The maximum Gasteiger partial charge on any atom is 0.350 e. The summed E-state index contributed by atoms with van der Waals surface area (Å²) >= 11 is 0. The number of halogens is 1. The number of methoxy groups -OCH3 is 1. The largest absolute Gasteiger partial charge is 0.494 e. The number of rotatable bonds is 4. The Morgan fingerprint density at radius 3 is 2.91 bits per heavy atom. The lowest BCUT2D eigenvalue weighted by atomic mass is 10.3. The Morgan fingerprint density at radius 1 is 1.35 bits per heavy atom. The molecule has 0 aliphatic carbocycles. The van der Waals surface area contributed by atoms with Crippen molar-refractivity contribution in [2.24, 2.45) is 0 Å². The number of hydrogen-bond acceptors (Lipinski definition) is 4. The van der Waals surface area contributed by atoms with E-state index in [1.807, 2.05) is 0 Å². The van der Waals surface area contributed by atoms with Crippen molar-refractivity contribution in [3.05, 3.63) is 58.9 Å². The predicted molar refractivity (Wildman–Crippen MR) is 81.0 cm³/mol. The predicted octanol–water partition coefficient (Wildman–Crippen LogP) is 1.28. The molecule has 0 radical (unpaired) electrons. The van der Waals surface area contributed by atoms with Gasteiger partial charge in [-0.25, -0.2) is 13.9 Å². The lowest BCUT2D eigenvalue weighted by Crippen LogP contribution is -2.28. The van der Waals surface area contributed by atoms with Gasteiger partial charge in [-0.05, 0) is 24.3 Å². The van der Waals surface area contributed by atoms with Gasteiger partial charge in [-0.2, -0.15) is 0 Å². The van der Waals surface area contributed by atoms with Gasteiger partial charge >= 0.3 is 5.69 Å². The van der Waals surface area contributed by atoms with Gasteiger partial charge in [0.15, 0.2) is 5.65 Å². The number of amides is 1. The van der Waals surface area contributed by atoms with Gasteiger partial charge in [-0.1, -0.05) is 6.07 Å². The Hall–Kier alpha value is -3.16. The SMILES string of the molecule is COc1cc(F)ccc1NC(=O)Cn1nc2ccccn2c1=O. The van der Waals surface area contributed by atoms with Crippen LogP contribution in [0.1, 0.15) is 0 Å². The molecule has 23 heavy (non-hydrogen) atoms. The summed E-state index contributed by atoms with van der Waals surface area (Å²) in [6.45, 7) is -0.263. The molecule has 0 spiro atoms. The van der Waals surface area contributed by atoms with Crippen LogP contribution in [-0.2, 0) is 11.3 Å². The quantitative estimate of drug-likeness (QED) is 0.786. The molecule has 118 valence electrons. The highest BCUT2D eigenvalue weighted by Crippen LogP contribution is 2.24. The fourth-order valence-corrected chi connectivity index (χ4v) is 2.17. The maximum atomic E-state index is 13.1. The lowest BCUT2D eigenvalue weighted by molar-refractivity contribution is -0.117. The van der Waals surface area contributed by atoms with Crippen LogP contribution in [0.5, 0.6) is 5.75 Å². The first-order chi connectivity index (χ1) is 11.1. The Bertz CT molecular complexity index is 932. The van der Waals surface area contributed by atoms with E-state index in [9.17, 15) is 14.0 Å². The summed E-state index contributed by atoms with van der Waals surface area (Å²) in [6, 6.07) is 8.86. The fourth-order valence-electron chi connectivity index (χ4n) is 2.17. The van der Waals surface area contributed by atoms with Gasteiger partial charge in [0.25, 0.3) is 0 Å². The second-order valence-corrected chi connectivity index (χ2v) is 4.76. The fraction of sp³-hybridized carbons (Fsp3) is 0.133. The Morgan fingerprint density at radius 2 is 2.17 bits per heavy atom. The number of aromatic nitrogens is 3. The van der Waals surface area contributed by atoms with Crippen LogP contribution < -0.4 is 15.7 Å². The molecule has 0 fully saturated rings. The summed E-state index contributed by atoms with van der Waals surface area (Å²) in [4.78, 5) is 24.2. The van der Waals surface area contributed by atoms with E-state index in [0.29, 0.717) is 11.3 Å². The molecule has 0 saturated carbocycles. The third kappa shape index (κ3) is 2.91. The summed E-state index contributed by atoms with van der Waals surface area (Å²) < 4.78 is 20.5. The molecule has 1 aromatic carbocycles. The lowest BCUT2D eigenvalue weighted by Gasteiger charge is -2.09. The van der Waals surface area contributed by atoms with E-state index in [0.717, 1.165) is 10.7 Å². The Balaban J connectivity index is 1.81. The van der Waals surface area contributed by atoms with Crippen LogP contribution in [0.4, 0.5) is 10.1 Å². The van der Waals surface area contributed by atoms with Crippen molar-refractivity contribution >= 4 is 17.2 Å². The van der Waals surface area contributed by atoms with E-state index < -0.39 is 17.4 Å². The van der Waals surface area contributed by atoms with Gasteiger partial charge in [-0.3, -0.25) is 9.20 Å². The average Bonchev–Trinajstić information content (AvgIpc) is 2.85. The number of anilines is 1. The minimum absolute atomic E-state index is 0.195. The number of benzene rings is 1. The van der Waals surface area contributed by atoms with E-state index in [1.54, 1.807) is 24.4 Å². The molecule has 2 aromatic heterocycles. The van der Waals surface area contributed by atoms with Crippen molar-refractivity contribution in [1.29, 1.82) is 0 Å². The van der Waals surface area contributed by atoms with Crippen LogP contribution in [0.15, 0.2) is 47.4 Å². The van der Waals surface area contributed by atoms with Crippen LogP contribution in [0.3, 0.4) is 0 Å². The van der Waals surface area contributed by atoms with Gasteiger partial charge in [0.1, 0.15) is 18.1 Å². The molecule has 7 nitrogen and oxygen atoms in total. The molecule has 0 bridgehead atoms. The van der Waals surface area contributed by atoms with Crippen molar-refractivity contribution in [3.63, 3.8) is 0 Å². The zero-order valence-corrected chi connectivity index (χ0v) is 12.2. The normalized spacial score (nSPS) is 10.7. The molecule has 1 N–H and O–H groups in total. The summed E-state index contributed by atoms with van der Waals surface area (Å²) in [5, 5.41) is 6.63. The topological polar surface area (TPSA) is 77.6 Å². The van der Waals surface area contributed by atoms with E-state index in [1.165, 1.54) is 23.6 Å². The molecule has 0 atom stereocenters. The highest BCUT2D eigenvalue weighted by atomic mass is 19.1. The molecule has 1 amide bonds. The van der Waals surface area contributed by atoms with Crippen LogP contribution in [0.25, 0.3) is 5.65 Å². The molecule has 0 aliphatic heterocycles. The van der Waals surface area contributed by atoms with E-state index in [4.69, 9.17) is 4.74 Å². The van der Waals surface area contributed by atoms with Crippen LogP contribution >= 0.6 is 0 Å². The van der Waals surface area contributed by atoms with Gasteiger partial charge in [-0.15, -0.1) is 5.10 Å². The zero-order valence-electron chi connectivity index (χ0n) is 12.2. The smallest absolute Gasteiger partial charge is 0.350 e. The second kappa shape index (κ2) is 5.91. The van der Waals surface area contributed by atoms with Crippen LogP contribution in [0, 0.1) is 5.82 Å². The molecule has 3 aromatic rings. The van der Waals surface area contributed by atoms with Crippen molar-refractivity contribution < 1.29 is 13.9 Å². The molecule has 2 heterocycles. The van der Waals surface area contributed by atoms with E-state index in [-0.39, 0.29) is 12.3 Å². The number of nitrogens with zero attached hydrogens (tertiary/aromatic N) is 3. The number of pyridine rings is 1. The monoisotopic (exact) mass is 316 g/mol. The minimum atomic E-state index is -0.476.